The van der Waals surface area contributed by atoms with Gasteiger partial charge in [0.2, 0.25) is 0 Å². The molecule has 132 valence electrons. The minimum absolute atomic E-state index is 0.284. The molecule has 0 spiro atoms. The molecule has 1 saturated heterocycles. The van der Waals surface area contributed by atoms with Crippen molar-refractivity contribution in [1.82, 2.24) is 0 Å². The first-order chi connectivity index (χ1) is 9.98. The Morgan fingerprint density at radius 1 is 1.00 bits per heavy atom. The van der Waals surface area contributed by atoms with E-state index >= 15 is 0 Å². The standard InChI is InChI=1S/C14H32O6Si2/c1-16-9-10(19-21(3,4)5)11-12(20-22(6,7)8)13(17-2)14(15)18-11/h10-15H,9H2,1-8H3/t10-,11+,12+,13-,14?/m0/s1. The van der Waals surface area contributed by atoms with Crippen LogP contribution >= 0.6 is 0 Å². The van der Waals surface area contributed by atoms with Crippen LogP contribution in [0.3, 0.4) is 0 Å². The van der Waals surface area contributed by atoms with Crippen LogP contribution in [-0.2, 0) is 23.1 Å². The molecule has 0 saturated carbocycles. The molecule has 6 nitrogen and oxygen atoms in total. The Bertz CT molecular complexity index is 341. The molecule has 8 heteroatoms. The summed E-state index contributed by atoms with van der Waals surface area (Å²) in [7, 11) is -0.436. The summed E-state index contributed by atoms with van der Waals surface area (Å²) < 4.78 is 28.9. The summed E-state index contributed by atoms with van der Waals surface area (Å²) in [5.74, 6) is 0. The number of methoxy groups -OCH3 is 2. The molecular weight excluding hydrogens is 320 g/mol. The van der Waals surface area contributed by atoms with Gasteiger partial charge >= 0.3 is 0 Å². The van der Waals surface area contributed by atoms with Crippen molar-refractivity contribution in [1.29, 1.82) is 0 Å². The summed E-state index contributed by atoms with van der Waals surface area (Å²) in [6.07, 6.45) is -2.57. The molecule has 0 aliphatic carbocycles. The van der Waals surface area contributed by atoms with E-state index in [0.29, 0.717) is 6.61 Å². The lowest BCUT2D eigenvalue weighted by Crippen LogP contribution is -2.51. The van der Waals surface area contributed by atoms with Crippen LogP contribution in [-0.4, -0.2) is 73.3 Å². The van der Waals surface area contributed by atoms with Gasteiger partial charge in [-0.2, -0.15) is 0 Å². The van der Waals surface area contributed by atoms with E-state index in [1.165, 1.54) is 0 Å². The molecule has 0 aromatic carbocycles. The zero-order chi connectivity index (χ0) is 17.1. The number of rotatable bonds is 8. The fourth-order valence-electron chi connectivity index (χ4n) is 2.57. The van der Waals surface area contributed by atoms with Gasteiger partial charge in [-0.3, -0.25) is 0 Å². The molecule has 1 rings (SSSR count). The average Bonchev–Trinajstić information content (AvgIpc) is 2.61. The minimum atomic E-state index is -1.84. The largest absolute Gasteiger partial charge is 0.410 e. The summed E-state index contributed by atoms with van der Waals surface area (Å²) in [6, 6.07) is 0. The molecule has 0 bridgehead atoms. The van der Waals surface area contributed by atoms with E-state index in [2.05, 4.69) is 39.3 Å². The van der Waals surface area contributed by atoms with Crippen LogP contribution in [0.4, 0.5) is 0 Å². The van der Waals surface area contributed by atoms with Crippen molar-refractivity contribution < 1.29 is 28.2 Å². The monoisotopic (exact) mass is 352 g/mol. The third-order valence-electron chi connectivity index (χ3n) is 3.19. The fraction of sp³-hybridized carbons (Fsp3) is 1.00. The Kier molecular flexibility index (Phi) is 7.22. The second-order valence-electron chi connectivity index (χ2n) is 7.61. The van der Waals surface area contributed by atoms with E-state index < -0.39 is 35.1 Å². The van der Waals surface area contributed by atoms with Crippen LogP contribution in [0.5, 0.6) is 0 Å². The predicted molar refractivity (Wildman–Crippen MR) is 90.0 cm³/mol. The molecule has 0 aromatic rings. The summed E-state index contributed by atoms with van der Waals surface area (Å²) >= 11 is 0. The SMILES string of the molecule is COC[C@H](O[Si](C)(C)C)[C@H]1OC(O)[C@@H](OC)[C@@H]1O[Si](C)(C)C. The molecule has 1 fully saturated rings. The van der Waals surface area contributed by atoms with Crippen molar-refractivity contribution in [2.45, 2.75) is 70.0 Å². The van der Waals surface area contributed by atoms with Crippen LogP contribution < -0.4 is 0 Å². The highest BCUT2D eigenvalue weighted by Crippen LogP contribution is 2.31. The highest BCUT2D eigenvalue weighted by molar-refractivity contribution is 6.70. The highest BCUT2D eigenvalue weighted by Gasteiger charge is 2.50. The molecule has 1 aliphatic rings. The Morgan fingerprint density at radius 3 is 2.00 bits per heavy atom. The molecule has 0 radical (unpaired) electrons. The van der Waals surface area contributed by atoms with Crippen LogP contribution in [0.1, 0.15) is 0 Å². The molecule has 1 aliphatic heterocycles. The quantitative estimate of drug-likeness (QED) is 0.672. The van der Waals surface area contributed by atoms with E-state index in [0.717, 1.165) is 0 Å². The summed E-state index contributed by atoms with van der Waals surface area (Å²) in [4.78, 5) is 0. The molecule has 0 aromatic heterocycles. The summed E-state index contributed by atoms with van der Waals surface area (Å²) in [5.41, 5.74) is 0. The molecule has 1 heterocycles. The van der Waals surface area contributed by atoms with Gasteiger partial charge in [0.1, 0.15) is 18.3 Å². The van der Waals surface area contributed by atoms with E-state index in [1.54, 1.807) is 14.2 Å². The summed E-state index contributed by atoms with van der Waals surface area (Å²) in [5, 5.41) is 10.1. The maximum absolute atomic E-state index is 10.1. The summed E-state index contributed by atoms with van der Waals surface area (Å²) in [6.45, 7) is 13.0. The van der Waals surface area contributed by atoms with Crippen LogP contribution in [0.15, 0.2) is 0 Å². The van der Waals surface area contributed by atoms with Crippen LogP contribution in [0.2, 0.25) is 39.3 Å². The van der Waals surface area contributed by atoms with Crippen molar-refractivity contribution >= 4 is 16.6 Å². The minimum Gasteiger partial charge on any atom is -0.410 e. The molecule has 5 atom stereocenters. The van der Waals surface area contributed by atoms with E-state index in [1.807, 2.05) is 0 Å². The topological polar surface area (TPSA) is 66.4 Å². The highest BCUT2D eigenvalue weighted by atomic mass is 28.4. The predicted octanol–water partition coefficient (Wildman–Crippen LogP) is 1.81. The maximum Gasteiger partial charge on any atom is 0.184 e. The van der Waals surface area contributed by atoms with Gasteiger partial charge in [-0.15, -0.1) is 0 Å². The van der Waals surface area contributed by atoms with Crippen molar-refractivity contribution in [3.05, 3.63) is 0 Å². The van der Waals surface area contributed by atoms with Gasteiger partial charge in [0.05, 0.1) is 12.7 Å². The van der Waals surface area contributed by atoms with Gasteiger partial charge in [0, 0.05) is 14.2 Å². The zero-order valence-corrected chi connectivity index (χ0v) is 17.1. The number of hydrogen-bond donors (Lipinski definition) is 1. The second-order valence-corrected chi connectivity index (χ2v) is 16.5. The van der Waals surface area contributed by atoms with Crippen molar-refractivity contribution in [3.8, 4) is 0 Å². The third-order valence-corrected chi connectivity index (χ3v) is 5.18. The molecular formula is C14H32O6Si2. The first kappa shape index (κ1) is 20.2. The van der Waals surface area contributed by atoms with E-state index in [9.17, 15) is 5.11 Å². The number of hydrogen-bond acceptors (Lipinski definition) is 6. The van der Waals surface area contributed by atoms with Gasteiger partial charge in [-0.25, -0.2) is 0 Å². The van der Waals surface area contributed by atoms with E-state index in [4.69, 9.17) is 23.1 Å². The fourth-order valence-corrected chi connectivity index (χ4v) is 4.77. The number of aliphatic hydroxyl groups excluding tert-OH is 1. The smallest absolute Gasteiger partial charge is 0.184 e. The number of ether oxygens (including phenoxy) is 3. The van der Waals surface area contributed by atoms with Gasteiger partial charge in [0.25, 0.3) is 0 Å². The van der Waals surface area contributed by atoms with Gasteiger partial charge < -0.3 is 28.2 Å². The Hall–Kier alpha value is 0.194. The lowest BCUT2D eigenvalue weighted by molar-refractivity contribution is -0.153. The number of aliphatic hydroxyl groups is 1. The second kappa shape index (κ2) is 7.84. The maximum atomic E-state index is 10.1. The van der Waals surface area contributed by atoms with Crippen LogP contribution in [0.25, 0.3) is 0 Å². The van der Waals surface area contributed by atoms with E-state index in [-0.39, 0.29) is 12.2 Å². The average molecular weight is 353 g/mol. The lowest BCUT2D eigenvalue weighted by atomic mass is 10.1. The van der Waals surface area contributed by atoms with Crippen LogP contribution in [0, 0.1) is 0 Å². The lowest BCUT2D eigenvalue weighted by Gasteiger charge is -2.35. The van der Waals surface area contributed by atoms with Gasteiger partial charge in [-0.05, 0) is 39.3 Å². The Balaban J connectivity index is 2.99. The normalized spacial score (nSPS) is 31.5. The van der Waals surface area contributed by atoms with Gasteiger partial charge in [-0.1, -0.05) is 0 Å². The first-order valence-electron chi connectivity index (χ1n) is 7.69. The zero-order valence-electron chi connectivity index (χ0n) is 15.1. The molecule has 1 N–H and O–H groups in total. The van der Waals surface area contributed by atoms with Gasteiger partial charge in [0.15, 0.2) is 22.9 Å². The first-order valence-corrected chi connectivity index (χ1v) is 14.5. The Morgan fingerprint density at radius 2 is 1.59 bits per heavy atom. The third kappa shape index (κ3) is 6.01. The Labute approximate surface area is 136 Å². The van der Waals surface area contributed by atoms with Crippen molar-refractivity contribution in [2.24, 2.45) is 0 Å². The molecule has 0 amide bonds. The van der Waals surface area contributed by atoms with Crippen molar-refractivity contribution in [2.75, 3.05) is 20.8 Å². The van der Waals surface area contributed by atoms with Crippen molar-refractivity contribution in [3.63, 3.8) is 0 Å². The molecule has 1 unspecified atom stereocenters. The molecule has 22 heavy (non-hydrogen) atoms.